The molecule has 0 amide bonds. The van der Waals surface area contributed by atoms with Crippen molar-refractivity contribution in [3.63, 3.8) is 0 Å². The number of aryl methyl sites for hydroxylation is 1. The van der Waals surface area contributed by atoms with E-state index in [1.54, 1.807) is 0 Å². The van der Waals surface area contributed by atoms with E-state index < -0.39 is 0 Å². The van der Waals surface area contributed by atoms with Crippen LogP contribution in [0.4, 0.5) is 5.95 Å². The molecule has 3 rings (SSSR count). The minimum atomic E-state index is 0.268. The Morgan fingerprint density at radius 2 is 2.06 bits per heavy atom. The number of hydrogen-bond acceptors (Lipinski definition) is 3. The second-order valence-electron chi connectivity index (χ2n) is 4.07. The first kappa shape index (κ1) is 9.84. The van der Waals surface area contributed by atoms with Gasteiger partial charge in [0.1, 0.15) is 0 Å². The maximum absolute atomic E-state index is 5.53. The summed E-state index contributed by atoms with van der Waals surface area (Å²) in [5.41, 5.74) is 7.79. The van der Waals surface area contributed by atoms with Crippen molar-refractivity contribution in [2.24, 2.45) is 0 Å². The lowest BCUT2D eigenvalue weighted by molar-refractivity contribution is 1.10. The van der Waals surface area contributed by atoms with E-state index in [0.29, 0.717) is 5.82 Å². The molecule has 17 heavy (non-hydrogen) atoms. The van der Waals surface area contributed by atoms with E-state index in [4.69, 9.17) is 5.73 Å². The zero-order chi connectivity index (χ0) is 11.8. The lowest BCUT2D eigenvalue weighted by atomic mass is 10.0. The SMILES string of the molecule is Cc1ccc2c(-c3nc(N)n[nH]3)cccc2c1. The monoisotopic (exact) mass is 224 g/mol. The van der Waals surface area contributed by atoms with Gasteiger partial charge < -0.3 is 5.73 Å². The predicted octanol–water partition coefficient (Wildman–Crippen LogP) is 2.52. The number of nitrogens with one attached hydrogen (secondary N) is 1. The molecule has 0 saturated heterocycles. The van der Waals surface area contributed by atoms with Gasteiger partial charge in [-0.2, -0.15) is 4.98 Å². The van der Waals surface area contributed by atoms with Crippen molar-refractivity contribution in [2.75, 3.05) is 5.73 Å². The number of nitrogens with zero attached hydrogens (tertiary/aromatic N) is 2. The molecule has 1 aromatic heterocycles. The average Bonchev–Trinajstić information content (AvgIpc) is 2.74. The van der Waals surface area contributed by atoms with Gasteiger partial charge in [-0.1, -0.05) is 42.0 Å². The van der Waals surface area contributed by atoms with Gasteiger partial charge in [0.2, 0.25) is 5.95 Å². The highest BCUT2D eigenvalue weighted by atomic mass is 15.3. The fourth-order valence-electron chi connectivity index (χ4n) is 2.00. The summed E-state index contributed by atoms with van der Waals surface area (Å²) in [5.74, 6) is 0.973. The molecule has 0 radical (unpaired) electrons. The molecule has 0 aliphatic carbocycles. The van der Waals surface area contributed by atoms with E-state index in [-0.39, 0.29) is 5.95 Å². The number of aromatic nitrogens is 3. The zero-order valence-corrected chi connectivity index (χ0v) is 9.44. The van der Waals surface area contributed by atoms with Crippen LogP contribution in [0.5, 0.6) is 0 Å². The molecule has 4 heteroatoms. The highest BCUT2D eigenvalue weighted by Gasteiger charge is 2.07. The number of aromatic amines is 1. The molecular formula is C13H12N4. The molecular weight excluding hydrogens is 212 g/mol. The Bertz CT molecular complexity index is 685. The topological polar surface area (TPSA) is 67.6 Å². The molecule has 0 aliphatic heterocycles. The first-order valence-electron chi connectivity index (χ1n) is 5.42. The average molecular weight is 224 g/mol. The first-order chi connectivity index (χ1) is 8.24. The van der Waals surface area contributed by atoms with Gasteiger partial charge in [-0.25, -0.2) is 0 Å². The van der Waals surface area contributed by atoms with Crippen LogP contribution in [-0.4, -0.2) is 15.2 Å². The Kier molecular flexibility index (Phi) is 2.08. The normalized spacial score (nSPS) is 10.9. The van der Waals surface area contributed by atoms with Crippen molar-refractivity contribution in [3.8, 4) is 11.4 Å². The van der Waals surface area contributed by atoms with E-state index in [1.807, 2.05) is 12.1 Å². The van der Waals surface area contributed by atoms with E-state index >= 15 is 0 Å². The third-order valence-electron chi connectivity index (χ3n) is 2.79. The number of benzene rings is 2. The van der Waals surface area contributed by atoms with Crippen LogP contribution in [0.15, 0.2) is 36.4 Å². The van der Waals surface area contributed by atoms with Gasteiger partial charge in [-0.05, 0) is 17.7 Å². The van der Waals surface area contributed by atoms with Crippen LogP contribution in [0.1, 0.15) is 5.56 Å². The van der Waals surface area contributed by atoms with Crippen LogP contribution in [0.25, 0.3) is 22.2 Å². The molecule has 0 spiro atoms. The fourth-order valence-corrected chi connectivity index (χ4v) is 2.00. The summed E-state index contributed by atoms with van der Waals surface area (Å²) in [6.07, 6.45) is 0. The summed E-state index contributed by atoms with van der Waals surface area (Å²) in [7, 11) is 0. The van der Waals surface area contributed by atoms with Gasteiger partial charge in [0.15, 0.2) is 5.82 Å². The Morgan fingerprint density at radius 1 is 1.18 bits per heavy atom. The summed E-state index contributed by atoms with van der Waals surface area (Å²) in [5, 5.41) is 9.04. The van der Waals surface area contributed by atoms with Gasteiger partial charge in [-0.3, -0.25) is 5.10 Å². The quantitative estimate of drug-likeness (QED) is 0.667. The summed E-state index contributed by atoms with van der Waals surface area (Å²) < 4.78 is 0. The first-order valence-corrected chi connectivity index (χ1v) is 5.42. The van der Waals surface area contributed by atoms with Gasteiger partial charge >= 0.3 is 0 Å². The third-order valence-corrected chi connectivity index (χ3v) is 2.79. The summed E-state index contributed by atoms with van der Waals surface area (Å²) in [6.45, 7) is 2.08. The molecule has 0 unspecified atom stereocenters. The largest absolute Gasteiger partial charge is 0.366 e. The van der Waals surface area contributed by atoms with E-state index in [1.165, 1.54) is 10.9 Å². The Balaban J connectivity index is 2.30. The van der Waals surface area contributed by atoms with Gasteiger partial charge in [-0.15, -0.1) is 5.10 Å². The second-order valence-corrected chi connectivity index (χ2v) is 4.07. The van der Waals surface area contributed by atoms with Crippen molar-refractivity contribution in [1.82, 2.24) is 15.2 Å². The van der Waals surface area contributed by atoms with Crippen molar-refractivity contribution in [3.05, 3.63) is 42.0 Å². The van der Waals surface area contributed by atoms with E-state index in [2.05, 4.69) is 46.4 Å². The Labute approximate surface area is 98.5 Å². The standard InChI is InChI=1S/C13H12N4/c1-8-5-6-10-9(7-8)3-2-4-11(10)12-15-13(14)17-16-12/h2-7H,1H3,(H3,14,15,16,17). The molecule has 84 valence electrons. The third kappa shape index (κ3) is 1.63. The molecule has 0 bridgehead atoms. The van der Waals surface area contributed by atoms with E-state index in [9.17, 15) is 0 Å². The summed E-state index contributed by atoms with van der Waals surface area (Å²) >= 11 is 0. The number of H-pyrrole nitrogens is 1. The summed E-state index contributed by atoms with van der Waals surface area (Å²) in [4.78, 5) is 4.16. The van der Waals surface area contributed by atoms with Crippen molar-refractivity contribution >= 4 is 16.7 Å². The number of nitrogens with two attached hydrogens (primary N) is 1. The Hall–Kier alpha value is -2.36. The highest BCUT2D eigenvalue weighted by Crippen LogP contribution is 2.26. The lowest BCUT2D eigenvalue weighted by Crippen LogP contribution is -1.86. The molecule has 3 aromatic rings. The number of anilines is 1. The van der Waals surface area contributed by atoms with Crippen molar-refractivity contribution in [2.45, 2.75) is 6.92 Å². The molecule has 0 aliphatic rings. The number of nitrogen functional groups attached to an aromatic ring is 1. The van der Waals surface area contributed by atoms with Gasteiger partial charge in [0.05, 0.1) is 0 Å². The number of rotatable bonds is 1. The van der Waals surface area contributed by atoms with Crippen LogP contribution in [0, 0.1) is 6.92 Å². The molecule has 3 N–H and O–H groups in total. The Morgan fingerprint density at radius 3 is 2.82 bits per heavy atom. The highest BCUT2D eigenvalue weighted by molar-refractivity contribution is 5.95. The molecule has 0 atom stereocenters. The molecule has 0 saturated carbocycles. The lowest BCUT2D eigenvalue weighted by Gasteiger charge is -2.04. The number of fused-ring (bicyclic) bond motifs is 1. The fraction of sp³-hybridized carbons (Fsp3) is 0.0769. The van der Waals surface area contributed by atoms with Gasteiger partial charge in [0, 0.05) is 5.56 Å². The van der Waals surface area contributed by atoms with Crippen LogP contribution < -0.4 is 5.73 Å². The van der Waals surface area contributed by atoms with Crippen LogP contribution in [-0.2, 0) is 0 Å². The van der Waals surface area contributed by atoms with Crippen molar-refractivity contribution in [1.29, 1.82) is 0 Å². The number of hydrogen-bond donors (Lipinski definition) is 2. The minimum Gasteiger partial charge on any atom is -0.366 e. The van der Waals surface area contributed by atoms with Crippen molar-refractivity contribution < 1.29 is 0 Å². The van der Waals surface area contributed by atoms with E-state index in [0.717, 1.165) is 10.9 Å². The van der Waals surface area contributed by atoms with Crippen LogP contribution in [0.3, 0.4) is 0 Å². The molecule has 0 fully saturated rings. The molecule has 2 aromatic carbocycles. The van der Waals surface area contributed by atoms with Crippen LogP contribution in [0.2, 0.25) is 0 Å². The summed E-state index contributed by atoms with van der Waals surface area (Å²) in [6, 6.07) is 12.4. The molecule has 4 nitrogen and oxygen atoms in total. The van der Waals surface area contributed by atoms with Crippen LogP contribution >= 0.6 is 0 Å². The maximum atomic E-state index is 5.53. The minimum absolute atomic E-state index is 0.268. The maximum Gasteiger partial charge on any atom is 0.239 e. The van der Waals surface area contributed by atoms with Gasteiger partial charge in [0.25, 0.3) is 0 Å². The zero-order valence-electron chi connectivity index (χ0n) is 9.44. The molecule has 1 heterocycles. The second kappa shape index (κ2) is 3.59. The smallest absolute Gasteiger partial charge is 0.239 e. The predicted molar refractivity (Wildman–Crippen MR) is 68.5 cm³/mol.